The van der Waals surface area contributed by atoms with Crippen molar-refractivity contribution in [2.75, 3.05) is 53.5 Å². The number of likely N-dealkylation sites (tertiary alicyclic amines) is 3. The fourth-order valence-corrected chi connectivity index (χ4v) is 19.4. The number of carbonyl (C=O) groups is 3. The van der Waals surface area contributed by atoms with Crippen LogP contribution in [-0.4, -0.2) is 146 Å². The van der Waals surface area contributed by atoms with Gasteiger partial charge in [-0.2, -0.15) is 10.5 Å². The smallest absolute Gasteiger partial charge is 0.307 e. The van der Waals surface area contributed by atoms with Crippen molar-refractivity contribution in [2.45, 2.75) is 146 Å². The average Bonchev–Trinajstić information content (AvgIpc) is 1.61. The number of hydrogen-bond donors (Lipinski definition) is 4. The Morgan fingerprint density at radius 1 is 0.676 bits per heavy atom. The molecule has 26 heteroatoms. The molecule has 0 bridgehead atoms. The van der Waals surface area contributed by atoms with Crippen LogP contribution in [0.4, 0.5) is 0 Å². The van der Waals surface area contributed by atoms with Gasteiger partial charge in [-0.25, -0.2) is 23.4 Å². The number of nitriles is 2. The summed E-state index contributed by atoms with van der Waals surface area (Å²) in [5.74, 6) is 0.0131. The fraction of sp³-hybridized carbons (Fsp3) is 0.388. The number of rotatable bonds is 20. The van der Waals surface area contributed by atoms with E-state index in [-0.39, 0.29) is 36.1 Å². The number of amides is 2. The number of aliphatic carboxylic acids is 1. The normalized spacial score (nSPS) is 20.7. The van der Waals surface area contributed by atoms with Gasteiger partial charge >= 0.3 is 5.97 Å². The molecule has 23 nitrogen and oxygen atoms in total. The zero-order valence-electron chi connectivity index (χ0n) is 62.3. The quantitative estimate of drug-likeness (QED) is 0.0551. The minimum absolute atomic E-state index is 0.0136. The molecule has 10 aromatic rings. The zero-order chi connectivity index (χ0) is 77.3. The minimum Gasteiger partial charge on any atom is -0.481 e. The lowest BCUT2D eigenvalue weighted by Gasteiger charge is -2.25. The van der Waals surface area contributed by atoms with E-state index < -0.39 is 32.6 Å². The highest BCUT2D eigenvalue weighted by Gasteiger charge is 2.52. The molecule has 3 aliphatic carbocycles. The van der Waals surface area contributed by atoms with E-state index in [0.29, 0.717) is 174 Å². The van der Waals surface area contributed by atoms with Gasteiger partial charge in [-0.1, -0.05) is 89.9 Å². The summed E-state index contributed by atoms with van der Waals surface area (Å²) in [5, 5.41) is 45.1. The lowest BCUT2D eigenvalue weighted by molar-refractivity contribution is -0.141. The van der Waals surface area contributed by atoms with E-state index in [4.69, 9.17) is 66.4 Å². The molecule has 4 saturated heterocycles. The van der Waals surface area contributed by atoms with Gasteiger partial charge in [0.1, 0.15) is 40.4 Å². The van der Waals surface area contributed by atoms with Crippen molar-refractivity contribution < 1.29 is 51.3 Å². The number of halogens is 2. The van der Waals surface area contributed by atoms with E-state index in [9.17, 15) is 43.5 Å². The molecular formula is C85H84Cl2N12O11S. The lowest BCUT2D eigenvalue weighted by Crippen LogP contribution is -2.42. The molecule has 8 heterocycles. The van der Waals surface area contributed by atoms with E-state index in [1.807, 2.05) is 98.8 Å². The van der Waals surface area contributed by atoms with Crippen molar-refractivity contribution in [1.82, 2.24) is 49.7 Å². The summed E-state index contributed by atoms with van der Waals surface area (Å²) in [4.78, 5) is 66.9. The summed E-state index contributed by atoms with van der Waals surface area (Å²) >= 11 is 14.4. The first-order valence-corrected chi connectivity index (χ1v) is 40.3. The number of carbonyl (C=O) groups excluding carboxylic acids is 2. The number of carboxylic acid groups (broad SMARTS) is 1. The van der Waals surface area contributed by atoms with Gasteiger partial charge in [0.15, 0.2) is 11.2 Å². The second kappa shape index (κ2) is 30.5. The maximum absolute atomic E-state index is 13.1. The molecule has 4 aliphatic heterocycles. The number of benzene rings is 6. The van der Waals surface area contributed by atoms with Crippen LogP contribution in [0, 0.1) is 48.3 Å². The van der Waals surface area contributed by atoms with Crippen LogP contribution in [0.15, 0.2) is 112 Å². The van der Waals surface area contributed by atoms with Gasteiger partial charge in [0.25, 0.3) is 0 Å². The van der Waals surface area contributed by atoms with Crippen LogP contribution >= 0.6 is 23.2 Å². The zero-order valence-corrected chi connectivity index (χ0v) is 64.7. The number of aliphatic hydroxyl groups is 1. The number of sulfonamides is 1. The van der Waals surface area contributed by atoms with E-state index in [2.05, 4.69) is 42.9 Å². The number of ether oxygens (including phenoxy) is 2. The first-order chi connectivity index (χ1) is 53.6. The lowest BCUT2D eigenvalue weighted by atomic mass is 9.93. The first kappa shape index (κ1) is 74.9. The Morgan fingerprint density at radius 2 is 1.24 bits per heavy atom. The number of fused-ring (bicyclic) bond motifs is 4. The maximum Gasteiger partial charge on any atom is 0.307 e. The predicted molar refractivity (Wildman–Crippen MR) is 420 cm³/mol. The number of carboxylic acids is 1. The SMILES string of the molecule is COc1nc(-c2cccc(-c3cccc(-c4cc5cc6c(c(C#N)c5o4)CC[C@H]6N4CC[C@@H](C(=O)NS(=O)(=O)C5(C)CC5)C4)c3C)c2Cl)cnc1CN1CC[C@@H](O)C1.COc1nc(-c2cccc(-c3cccc(-c4nc5cc6c(c(C#N)c5o4)CC[C@H]6N4CC[C@@H](C(=O)O)C4)c3Cl)c2C)cnc1CCC[C@@H]1CCC(=O)N1. The van der Waals surface area contributed by atoms with Crippen molar-refractivity contribution in [1.29, 1.82) is 10.5 Å². The van der Waals surface area contributed by atoms with Gasteiger partial charge in [-0.05, 0) is 186 Å². The van der Waals surface area contributed by atoms with Crippen LogP contribution < -0.4 is 19.5 Å². The Hall–Kier alpha value is -10.1. The molecule has 1 saturated carbocycles. The molecule has 0 spiro atoms. The predicted octanol–water partition coefficient (Wildman–Crippen LogP) is 14.4. The highest BCUT2D eigenvalue weighted by Crippen LogP contribution is 2.49. The molecule has 17 rings (SSSR count). The number of aromatic nitrogens is 5. The van der Waals surface area contributed by atoms with E-state index in [1.54, 1.807) is 33.5 Å². The van der Waals surface area contributed by atoms with Crippen molar-refractivity contribution in [3.8, 4) is 91.4 Å². The second-order valence-corrected chi connectivity index (χ2v) is 33.6. The average molecular weight is 1550 g/mol. The summed E-state index contributed by atoms with van der Waals surface area (Å²) in [5.41, 5.74) is 17.8. The van der Waals surface area contributed by atoms with Crippen LogP contribution in [0.2, 0.25) is 10.0 Å². The molecule has 7 aliphatic rings. The van der Waals surface area contributed by atoms with Crippen molar-refractivity contribution in [2.24, 2.45) is 11.8 Å². The van der Waals surface area contributed by atoms with E-state index in [1.165, 1.54) is 0 Å². The molecule has 4 N–H and O–H groups in total. The Morgan fingerprint density at radius 3 is 1.86 bits per heavy atom. The molecule has 6 aromatic carbocycles. The number of β-amino-alcohol motifs (C(OH)–C–C–N with tert-alkyl or cyclic N) is 1. The number of methoxy groups -OCH3 is 2. The number of furan rings is 1. The fourth-order valence-electron chi connectivity index (χ4n) is 17.4. The number of oxazole rings is 1. The Kier molecular flexibility index (Phi) is 20.6. The first-order valence-electron chi connectivity index (χ1n) is 38.0. The Bertz CT molecular complexity index is 5630. The third-order valence-corrected chi connectivity index (χ3v) is 26.9. The van der Waals surface area contributed by atoms with E-state index >= 15 is 0 Å². The number of nitrogens with one attached hydrogen (secondary N) is 2. The summed E-state index contributed by atoms with van der Waals surface area (Å²) in [6.07, 6.45) is 13.2. The molecule has 4 aromatic heterocycles. The van der Waals surface area contributed by atoms with Gasteiger partial charge in [0.2, 0.25) is 39.5 Å². The second-order valence-electron chi connectivity index (χ2n) is 30.7. The monoisotopic (exact) mass is 1550 g/mol. The molecule has 2 amide bonds. The van der Waals surface area contributed by atoms with Crippen LogP contribution in [0.25, 0.3) is 89.6 Å². The molecule has 5 fully saturated rings. The minimum atomic E-state index is -3.70. The Labute approximate surface area is 653 Å². The number of aliphatic hydroxyl groups excluding tert-OH is 1. The number of nitrogens with zero attached hydrogens (tertiary/aromatic N) is 10. The summed E-state index contributed by atoms with van der Waals surface area (Å²) in [7, 11) is -0.518. The van der Waals surface area contributed by atoms with Gasteiger partial charge in [-0.3, -0.25) is 43.8 Å². The van der Waals surface area contributed by atoms with Gasteiger partial charge in [0, 0.05) is 90.5 Å². The highest BCUT2D eigenvalue weighted by atomic mass is 35.5. The van der Waals surface area contributed by atoms with Gasteiger partial charge in [-0.15, -0.1) is 0 Å². The highest BCUT2D eigenvalue weighted by molar-refractivity contribution is 7.91. The Balaban J connectivity index is 0.000000169. The number of hydrogen-bond acceptors (Lipinski definition) is 20. The number of aryl methyl sites for hydroxylation is 1. The standard InChI is InChI=1S/C44H45ClN6O6S.C41H39ClN6O5/c1-25-29(32-8-5-9-33(40(32)45)36-21-47-37(43(48-36)56-3)24-50-16-13-28(52)23-50)6-4-7-30(25)39-19-27-18-34-31(35(20-46)41(27)57-39)10-11-38(34)51-17-12-26(22-51)42(53)49-58(54,55)44(2)14-15-44;1-22-25(7-4-8-26(22)34-20-44-32(40(47-34)52-2)11-3-6-24-12-15-36(49)45-24)28-9-5-10-29(37(28)42)39-46-33-18-30-27(31(19-43)38(33)53-39)13-14-35(30)48-17-16-23(21-48)41(50)51/h4-9,18-19,21,26,28,38,52H,10-17,22-24H2,1-3H3,(H,49,53);4-5,7-10,18,20,23-24,35H,3,6,11-17,21H2,1-2H3,(H,45,49)(H,50,51)/t26-,28-,38-;23-,24-,35-/m11/s1. The van der Waals surface area contributed by atoms with Gasteiger partial charge in [0.05, 0.1) is 81.9 Å². The largest absolute Gasteiger partial charge is 0.481 e. The third kappa shape index (κ3) is 14.3. The van der Waals surface area contributed by atoms with Crippen molar-refractivity contribution in [3.63, 3.8) is 0 Å². The molecule has 0 radical (unpaired) electrons. The summed E-state index contributed by atoms with van der Waals surface area (Å²) < 4.78 is 51.2. The van der Waals surface area contributed by atoms with Crippen LogP contribution in [0.5, 0.6) is 11.8 Å². The van der Waals surface area contributed by atoms with Crippen LogP contribution in [-0.2, 0) is 50.2 Å². The molecule has 111 heavy (non-hydrogen) atoms. The molecular weight excluding hydrogens is 1470 g/mol. The van der Waals surface area contributed by atoms with Crippen LogP contribution in [0.3, 0.4) is 0 Å². The van der Waals surface area contributed by atoms with Crippen LogP contribution in [0.1, 0.15) is 146 Å². The topological polar surface area (TPSA) is 316 Å². The molecule has 6 atom stereocenters. The molecule has 570 valence electrons. The van der Waals surface area contributed by atoms with Crippen molar-refractivity contribution >= 4 is 73.1 Å². The summed E-state index contributed by atoms with van der Waals surface area (Å²) in [6, 6.07) is 34.8. The van der Waals surface area contributed by atoms with Gasteiger partial charge < -0.3 is 33.8 Å². The van der Waals surface area contributed by atoms with E-state index in [0.717, 1.165) is 129 Å². The molecule has 0 unspecified atom stereocenters. The third-order valence-electron chi connectivity index (χ3n) is 23.9. The summed E-state index contributed by atoms with van der Waals surface area (Å²) in [6.45, 7) is 10.00. The maximum atomic E-state index is 13.1. The van der Waals surface area contributed by atoms with Crippen molar-refractivity contribution in [3.05, 3.63) is 169 Å².